The summed E-state index contributed by atoms with van der Waals surface area (Å²) in [5, 5.41) is 4.44. The van der Waals surface area contributed by atoms with Crippen LogP contribution >= 0.6 is 0 Å². The number of benzene rings is 1. The molecule has 72 valence electrons. The third-order valence-corrected chi connectivity index (χ3v) is 2.34. The molecule has 0 fully saturated rings. The molecule has 2 heterocycles. The fourth-order valence-corrected chi connectivity index (χ4v) is 1.60. The monoisotopic (exact) mass is 195 g/mol. The van der Waals surface area contributed by atoms with Crippen LogP contribution in [0.5, 0.6) is 0 Å². The van der Waals surface area contributed by atoms with Crippen LogP contribution in [0.2, 0.25) is 0 Å². The molecule has 1 aromatic carbocycles. The van der Waals surface area contributed by atoms with Gasteiger partial charge in [0.1, 0.15) is 6.33 Å². The maximum absolute atomic E-state index is 4.44. The standard InChI is InChI=1S/C12H9N3/c1-2-4-10(5-3-1)12-8-11-6-7-13-9-15(11)14-12/h1-9H. The topological polar surface area (TPSA) is 30.2 Å². The molecular formula is C12H9N3. The van der Waals surface area contributed by atoms with Crippen molar-refractivity contribution in [3.63, 3.8) is 0 Å². The Morgan fingerprint density at radius 3 is 2.67 bits per heavy atom. The number of hydrogen-bond donors (Lipinski definition) is 0. The molecule has 0 bridgehead atoms. The Morgan fingerprint density at radius 2 is 1.87 bits per heavy atom. The molecule has 0 aliphatic carbocycles. The quantitative estimate of drug-likeness (QED) is 0.596. The van der Waals surface area contributed by atoms with Gasteiger partial charge in [-0.2, -0.15) is 5.10 Å². The molecule has 0 saturated heterocycles. The third-order valence-electron chi connectivity index (χ3n) is 2.34. The molecular weight excluding hydrogens is 186 g/mol. The van der Waals surface area contributed by atoms with Crippen LogP contribution < -0.4 is 0 Å². The normalized spacial score (nSPS) is 10.7. The lowest BCUT2D eigenvalue weighted by atomic mass is 10.1. The molecule has 0 atom stereocenters. The lowest BCUT2D eigenvalue weighted by Crippen LogP contribution is -1.87. The molecule has 3 rings (SSSR count). The predicted octanol–water partition coefficient (Wildman–Crippen LogP) is 2.40. The van der Waals surface area contributed by atoms with Gasteiger partial charge >= 0.3 is 0 Å². The highest BCUT2D eigenvalue weighted by atomic mass is 15.2. The van der Waals surface area contributed by atoms with Crippen molar-refractivity contribution in [1.29, 1.82) is 0 Å². The van der Waals surface area contributed by atoms with E-state index in [0.717, 1.165) is 16.8 Å². The Hall–Kier alpha value is -2.16. The third kappa shape index (κ3) is 1.38. The van der Waals surface area contributed by atoms with Gasteiger partial charge in [-0.1, -0.05) is 30.3 Å². The average molecular weight is 195 g/mol. The van der Waals surface area contributed by atoms with Gasteiger partial charge in [-0.3, -0.25) is 0 Å². The lowest BCUT2D eigenvalue weighted by Gasteiger charge is -1.92. The molecule has 3 heteroatoms. The average Bonchev–Trinajstić information content (AvgIpc) is 2.74. The highest BCUT2D eigenvalue weighted by Crippen LogP contribution is 2.18. The highest BCUT2D eigenvalue weighted by molar-refractivity contribution is 5.65. The van der Waals surface area contributed by atoms with Crippen molar-refractivity contribution < 1.29 is 0 Å². The van der Waals surface area contributed by atoms with Crippen molar-refractivity contribution in [2.24, 2.45) is 0 Å². The number of hydrogen-bond acceptors (Lipinski definition) is 2. The largest absolute Gasteiger partial charge is 0.245 e. The number of rotatable bonds is 1. The molecule has 3 aromatic rings. The van der Waals surface area contributed by atoms with Crippen molar-refractivity contribution >= 4 is 5.52 Å². The van der Waals surface area contributed by atoms with E-state index in [0.29, 0.717) is 0 Å². The first-order chi connectivity index (χ1) is 7.43. The number of aromatic nitrogens is 3. The summed E-state index contributed by atoms with van der Waals surface area (Å²) < 4.78 is 1.78. The van der Waals surface area contributed by atoms with Crippen LogP contribution in [0.3, 0.4) is 0 Å². The molecule has 0 N–H and O–H groups in total. The van der Waals surface area contributed by atoms with Gasteiger partial charge in [0.15, 0.2) is 0 Å². The molecule has 3 nitrogen and oxygen atoms in total. The molecule has 0 saturated carbocycles. The fraction of sp³-hybridized carbons (Fsp3) is 0. The van der Waals surface area contributed by atoms with Crippen LogP contribution in [0.1, 0.15) is 0 Å². The van der Waals surface area contributed by atoms with Crippen LogP contribution in [-0.2, 0) is 0 Å². The minimum Gasteiger partial charge on any atom is -0.245 e. The van der Waals surface area contributed by atoms with E-state index in [1.165, 1.54) is 0 Å². The summed E-state index contributed by atoms with van der Waals surface area (Å²) in [5.74, 6) is 0. The summed E-state index contributed by atoms with van der Waals surface area (Å²) in [4.78, 5) is 4.02. The maximum Gasteiger partial charge on any atom is 0.117 e. The Bertz CT molecular complexity index is 551. The van der Waals surface area contributed by atoms with Gasteiger partial charge in [0.2, 0.25) is 0 Å². The summed E-state index contributed by atoms with van der Waals surface area (Å²) in [6.45, 7) is 0. The van der Waals surface area contributed by atoms with Gasteiger partial charge in [-0.05, 0) is 12.1 Å². The van der Waals surface area contributed by atoms with Crippen LogP contribution in [0.4, 0.5) is 0 Å². The van der Waals surface area contributed by atoms with E-state index in [2.05, 4.69) is 28.3 Å². The molecule has 2 aromatic heterocycles. The molecule has 0 radical (unpaired) electrons. The van der Waals surface area contributed by atoms with E-state index in [-0.39, 0.29) is 0 Å². The second kappa shape index (κ2) is 3.20. The molecule has 0 aliphatic rings. The second-order valence-corrected chi connectivity index (χ2v) is 3.35. The summed E-state index contributed by atoms with van der Waals surface area (Å²) in [6.07, 6.45) is 3.48. The smallest absolute Gasteiger partial charge is 0.117 e. The SMILES string of the molecule is c1ccc(-c2cc3ccncn3n2)cc1. The van der Waals surface area contributed by atoms with Crippen molar-refractivity contribution in [2.45, 2.75) is 0 Å². The minimum atomic E-state index is 0.976. The van der Waals surface area contributed by atoms with Crippen LogP contribution in [0.25, 0.3) is 16.8 Å². The van der Waals surface area contributed by atoms with Gasteiger partial charge in [0, 0.05) is 11.8 Å². The summed E-state index contributed by atoms with van der Waals surface area (Å²) in [7, 11) is 0. The first-order valence-electron chi connectivity index (χ1n) is 4.78. The maximum atomic E-state index is 4.44. The summed E-state index contributed by atoms with van der Waals surface area (Å²) in [6, 6.07) is 14.1. The predicted molar refractivity (Wildman–Crippen MR) is 58.4 cm³/mol. The summed E-state index contributed by atoms with van der Waals surface area (Å²) in [5.41, 5.74) is 3.16. The second-order valence-electron chi connectivity index (χ2n) is 3.35. The molecule has 0 aliphatic heterocycles. The van der Waals surface area contributed by atoms with Gasteiger partial charge in [0.25, 0.3) is 0 Å². The van der Waals surface area contributed by atoms with Gasteiger partial charge in [0.05, 0.1) is 11.2 Å². The van der Waals surface area contributed by atoms with Crippen molar-refractivity contribution in [2.75, 3.05) is 0 Å². The zero-order valence-electron chi connectivity index (χ0n) is 8.04. The van der Waals surface area contributed by atoms with E-state index < -0.39 is 0 Å². The van der Waals surface area contributed by atoms with Crippen molar-refractivity contribution in [3.8, 4) is 11.3 Å². The minimum absolute atomic E-state index is 0.976. The Morgan fingerprint density at radius 1 is 1.00 bits per heavy atom. The van der Waals surface area contributed by atoms with E-state index in [9.17, 15) is 0 Å². The number of fused-ring (bicyclic) bond motifs is 1. The summed E-state index contributed by atoms with van der Waals surface area (Å²) >= 11 is 0. The molecule has 0 amide bonds. The van der Waals surface area contributed by atoms with Crippen molar-refractivity contribution in [3.05, 3.63) is 55.0 Å². The highest BCUT2D eigenvalue weighted by Gasteiger charge is 2.02. The lowest BCUT2D eigenvalue weighted by molar-refractivity contribution is 0.925. The van der Waals surface area contributed by atoms with Crippen LogP contribution in [0, 0.1) is 0 Å². The van der Waals surface area contributed by atoms with Gasteiger partial charge in [-0.15, -0.1) is 0 Å². The van der Waals surface area contributed by atoms with E-state index in [1.54, 1.807) is 17.0 Å². The van der Waals surface area contributed by atoms with Gasteiger partial charge in [-0.25, -0.2) is 9.50 Å². The first-order valence-corrected chi connectivity index (χ1v) is 4.78. The Balaban J connectivity index is 2.21. The Labute approximate surface area is 87.0 Å². The van der Waals surface area contributed by atoms with Crippen LogP contribution in [-0.4, -0.2) is 14.6 Å². The van der Waals surface area contributed by atoms with Gasteiger partial charge < -0.3 is 0 Å². The fourth-order valence-electron chi connectivity index (χ4n) is 1.60. The molecule has 0 unspecified atom stereocenters. The first kappa shape index (κ1) is 8.17. The molecule has 15 heavy (non-hydrogen) atoms. The van der Waals surface area contributed by atoms with E-state index >= 15 is 0 Å². The Kier molecular flexibility index (Phi) is 1.75. The molecule has 0 spiro atoms. The zero-order valence-corrected chi connectivity index (χ0v) is 8.04. The van der Waals surface area contributed by atoms with Crippen LogP contribution in [0.15, 0.2) is 55.0 Å². The number of nitrogens with zero attached hydrogens (tertiary/aromatic N) is 3. The zero-order chi connectivity index (χ0) is 10.1. The van der Waals surface area contributed by atoms with Crippen molar-refractivity contribution in [1.82, 2.24) is 14.6 Å². The van der Waals surface area contributed by atoms with E-state index in [1.807, 2.05) is 24.3 Å². The van der Waals surface area contributed by atoms with E-state index in [4.69, 9.17) is 0 Å².